The van der Waals surface area contributed by atoms with Gasteiger partial charge in [-0.2, -0.15) is 0 Å². The number of para-hydroxylation sites is 1. The highest BCUT2D eigenvalue weighted by atomic mass is 79.9. The average Bonchev–Trinajstić information content (AvgIpc) is 2.42. The van der Waals surface area contributed by atoms with Crippen LogP contribution in [-0.2, 0) is 13.1 Å². The summed E-state index contributed by atoms with van der Waals surface area (Å²) in [6.07, 6.45) is 0. The number of halogens is 2. The highest BCUT2D eigenvalue weighted by Crippen LogP contribution is 2.31. The number of hydrogen-bond donors (Lipinski definition) is 1. The van der Waals surface area contributed by atoms with E-state index in [1.54, 1.807) is 0 Å². The van der Waals surface area contributed by atoms with Crippen molar-refractivity contribution in [3.8, 4) is 0 Å². The molecule has 0 heterocycles. The molecule has 20 heavy (non-hydrogen) atoms. The summed E-state index contributed by atoms with van der Waals surface area (Å²) in [6, 6.07) is 14.3. The Morgan fingerprint density at radius 3 is 2.50 bits per heavy atom. The Kier molecular flexibility index (Phi) is 5.46. The summed E-state index contributed by atoms with van der Waals surface area (Å²) in [7, 11) is 4.01. The third-order valence-corrected chi connectivity index (χ3v) is 4.26. The van der Waals surface area contributed by atoms with Gasteiger partial charge in [0.2, 0.25) is 0 Å². The smallest absolute Gasteiger partial charge is 0.0642 e. The highest BCUT2D eigenvalue weighted by molar-refractivity contribution is 9.10. The summed E-state index contributed by atoms with van der Waals surface area (Å²) >= 11 is 9.98. The van der Waals surface area contributed by atoms with Gasteiger partial charge in [0.1, 0.15) is 0 Å². The van der Waals surface area contributed by atoms with Crippen molar-refractivity contribution in [3.05, 3.63) is 63.1 Å². The number of nitrogens with zero attached hydrogens (tertiary/aromatic N) is 1. The molecule has 0 saturated carbocycles. The Balaban J connectivity index is 2.29. The first-order valence-electron chi connectivity index (χ1n) is 6.50. The largest absolute Gasteiger partial charge is 0.369 e. The van der Waals surface area contributed by atoms with Gasteiger partial charge in [0.15, 0.2) is 0 Å². The van der Waals surface area contributed by atoms with Gasteiger partial charge in [0.05, 0.1) is 10.7 Å². The number of anilines is 1. The van der Waals surface area contributed by atoms with Crippen LogP contribution in [0, 0.1) is 0 Å². The van der Waals surface area contributed by atoms with Crippen LogP contribution in [0.5, 0.6) is 0 Å². The maximum atomic E-state index is 6.38. The molecule has 0 bridgehead atoms. The molecule has 0 aliphatic rings. The molecule has 2 aromatic carbocycles. The zero-order chi connectivity index (χ0) is 14.5. The predicted molar refractivity (Wildman–Crippen MR) is 90.5 cm³/mol. The third kappa shape index (κ3) is 3.54. The fraction of sp³-hybridized carbons (Fsp3) is 0.250. The molecule has 0 atom stereocenters. The average molecular weight is 354 g/mol. The van der Waals surface area contributed by atoms with Gasteiger partial charge < -0.3 is 10.2 Å². The maximum absolute atomic E-state index is 6.38. The molecule has 0 fully saturated rings. The van der Waals surface area contributed by atoms with Gasteiger partial charge in [0.25, 0.3) is 0 Å². The van der Waals surface area contributed by atoms with E-state index in [2.05, 4.69) is 57.5 Å². The molecule has 1 N–H and O–H groups in total. The van der Waals surface area contributed by atoms with Crippen LogP contribution in [0.4, 0.5) is 5.69 Å². The maximum Gasteiger partial charge on any atom is 0.0642 e. The van der Waals surface area contributed by atoms with Gasteiger partial charge in [-0.05, 0) is 30.3 Å². The summed E-state index contributed by atoms with van der Waals surface area (Å²) in [5.74, 6) is 0. The molecule has 106 valence electrons. The first-order valence-corrected chi connectivity index (χ1v) is 7.67. The zero-order valence-corrected chi connectivity index (χ0v) is 14.0. The number of rotatable bonds is 5. The van der Waals surface area contributed by atoms with Gasteiger partial charge >= 0.3 is 0 Å². The first kappa shape index (κ1) is 15.4. The van der Waals surface area contributed by atoms with E-state index in [1.165, 1.54) is 11.1 Å². The molecule has 0 aliphatic heterocycles. The Morgan fingerprint density at radius 2 is 1.80 bits per heavy atom. The van der Waals surface area contributed by atoms with Gasteiger partial charge in [-0.1, -0.05) is 57.9 Å². The van der Waals surface area contributed by atoms with Crippen LogP contribution < -0.4 is 10.2 Å². The van der Waals surface area contributed by atoms with E-state index in [1.807, 2.05) is 25.2 Å². The van der Waals surface area contributed by atoms with Crippen LogP contribution in [0.2, 0.25) is 5.02 Å². The van der Waals surface area contributed by atoms with Gasteiger partial charge in [-0.3, -0.25) is 0 Å². The molecule has 0 unspecified atom stereocenters. The van der Waals surface area contributed by atoms with Gasteiger partial charge in [0, 0.05) is 24.6 Å². The Labute approximate surface area is 133 Å². The second-order valence-corrected chi connectivity index (χ2v) is 5.99. The lowest BCUT2D eigenvalue weighted by Crippen LogP contribution is -2.20. The monoisotopic (exact) mass is 352 g/mol. The van der Waals surface area contributed by atoms with E-state index >= 15 is 0 Å². The lowest BCUT2D eigenvalue weighted by atomic mass is 10.1. The summed E-state index contributed by atoms with van der Waals surface area (Å²) in [6.45, 7) is 1.61. The van der Waals surface area contributed by atoms with E-state index in [4.69, 9.17) is 11.6 Å². The molecule has 0 aliphatic carbocycles. The topological polar surface area (TPSA) is 15.3 Å². The van der Waals surface area contributed by atoms with E-state index < -0.39 is 0 Å². The van der Waals surface area contributed by atoms with Crippen molar-refractivity contribution in [1.82, 2.24) is 5.32 Å². The lowest BCUT2D eigenvalue weighted by Gasteiger charge is -2.24. The van der Waals surface area contributed by atoms with E-state index in [0.717, 1.165) is 28.3 Å². The highest BCUT2D eigenvalue weighted by Gasteiger charge is 2.12. The first-order chi connectivity index (χ1) is 9.63. The van der Waals surface area contributed by atoms with Crippen molar-refractivity contribution in [1.29, 1.82) is 0 Å². The van der Waals surface area contributed by atoms with Crippen LogP contribution in [-0.4, -0.2) is 14.1 Å². The summed E-state index contributed by atoms with van der Waals surface area (Å²) in [5.41, 5.74) is 3.53. The Morgan fingerprint density at radius 1 is 1.10 bits per heavy atom. The third-order valence-electron chi connectivity index (χ3n) is 3.18. The molecule has 0 amide bonds. The molecule has 2 aromatic rings. The van der Waals surface area contributed by atoms with Crippen LogP contribution in [0.15, 0.2) is 46.9 Å². The molecule has 4 heteroatoms. The molecule has 2 nitrogen and oxygen atoms in total. The summed E-state index contributed by atoms with van der Waals surface area (Å²) < 4.78 is 1.12. The van der Waals surface area contributed by atoms with Crippen molar-refractivity contribution in [2.45, 2.75) is 13.1 Å². The Hall–Kier alpha value is -1.03. The zero-order valence-electron chi connectivity index (χ0n) is 11.7. The van der Waals surface area contributed by atoms with Crippen molar-refractivity contribution in [2.24, 2.45) is 0 Å². The van der Waals surface area contributed by atoms with Gasteiger partial charge in [-0.15, -0.1) is 0 Å². The van der Waals surface area contributed by atoms with Crippen LogP contribution >= 0.6 is 27.5 Å². The predicted octanol–water partition coefficient (Wildman–Crippen LogP) is 4.46. The second kappa shape index (κ2) is 7.11. The molecular formula is C16H18BrClN2. The van der Waals surface area contributed by atoms with Gasteiger partial charge in [-0.25, -0.2) is 0 Å². The second-order valence-electron chi connectivity index (χ2n) is 4.73. The summed E-state index contributed by atoms with van der Waals surface area (Å²) in [5, 5.41) is 3.97. The molecule has 0 saturated heterocycles. The molecule has 0 aromatic heterocycles. The van der Waals surface area contributed by atoms with Crippen molar-refractivity contribution < 1.29 is 0 Å². The number of nitrogens with one attached hydrogen (secondary N) is 1. The fourth-order valence-corrected chi connectivity index (χ4v) is 3.03. The fourth-order valence-electron chi connectivity index (χ4n) is 2.28. The standard InChI is InChI=1S/C16H18BrClN2/c1-19-10-12-7-5-9-15(18)16(12)20(2)11-13-6-3-4-8-14(13)17/h3-9,19H,10-11H2,1-2H3. The minimum Gasteiger partial charge on any atom is -0.369 e. The van der Waals surface area contributed by atoms with Crippen molar-refractivity contribution >= 4 is 33.2 Å². The van der Waals surface area contributed by atoms with E-state index in [9.17, 15) is 0 Å². The number of hydrogen-bond acceptors (Lipinski definition) is 2. The quantitative estimate of drug-likeness (QED) is 0.854. The SMILES string of the molecule is CNCc1cccc(Cl)c1N(C)Cc1ccccc1Br. The normalized spacial score (nSPS) is 10.6. The molecule has 0 spiro atoms. The van der Waals surface area contributed by atoms with E-state index in [0.29, 0.717) is 0 Å². The lowest BCUT2D eigenvalue weighted by molar-refractivity contribution is 0.805. The molecule has 2 rings (SSSR count). The number of benzene rings is 2. The summed E-state index contributed by atoms with van der Waals surface area (Å²) in [4.78, 5) is 2.19. The van der Waals surface area contributed by atoms with Crippen molar-refractivity contribution in [3.63, 3.8) is 0 Å². The minimum atomic E-state index is 0.785. The van der Waals surface area contributed by atoms with Crippen LogP contribution in [0.1, 0.15) is 11.1 Å². The van der Waals surface area contributed by atoms with E-state index in [-0.39, 0.29) is 0 Å². The molecular weight excluding hydrogens is 336 g/mol. The molecule has 0 radical (unpaired) electrons. The van der Waals surface area contributed by atoms with Crippen LogP contribution in [0.25, 0.3) is 0 Å². The Bertz CT molecular complexity index is 586. The van der Waals surface area contributed by atoms with Crippen LogP contribution in [0.3, 0.4) is 0 Å². The minimum absolute atomic E-state index is 0.785. The van der Waals surface area contributed by atoms with Crippen molar-refractivity contribution in [2.75, 3.05) is 19.0 Å².